The van der Waals surface area contributed by atoms with E-state index in [0.29, 0.717) is 36.0 Å². The Morgan fingerprint density at radius 3 is 2.59 bits per heavy atom. The van der Waals surface area contributed by atoms with Crippen LogP contribution in [0.2, 0.25) is 0 Å². The highest BCUT2D eigenvalue weighted by molar-refractivity contribution is 14.1. The second-order valence-corrected chi connectivity index (χ2v) is 9.04. The monoisotopic (exact) mass is 566 g/mol. The lowest BCUT2D eigenvalue weighted by Gasteiger charge is -2.14. The molecule has 9 heteroatoms. The van der Waals surface area contributed by atoms with Gasteiger partial charge in [-0.3, -0.25) is 19.3 Å². The van der Waals surface area contributed by atoms with Crippen molar-refractivity contribution >= 4 is 63.2 Å². The average molecular weight is 566 g/mol. The minimum absolute atomic E-state index is 0.251. The molecule has 0 aromatic heterocycles. The molecule has 0 spiro atoms. The van der Waals surface area contributed by atoms with Crippen LogP contribution in [0.3, 0.4) is 0 Å². The number of anilines is 1. The summed E-state index contributed by atoms with van der Waals surface area (Å²) in [7, 11) is 0. The van der Waals surface area contributed by atoms with Gasteiger partial charge in [0.15, 0.2) is 11.5 Å². The van der Waals surface area contributed by atoms with E-state index in [9.17, 15) is 14.4 Å². The van der Waals surface area contributed by atoms with Gasteiger partial charge >= 0.3 is 0 Å². The third-order valence-corrected chi connectivity index (χ3v) is 6.10. The Labute approximate surface area is 204 Å². The normalized spacial score (nSPS) is 14.8. The molecule has 1 heterocycles. The van der Waals surface area contributed by atoms with Crippen molar-refractivity contribution in [1.82, 2.24) is 4.90 Å². The summed E-state index contributed by atoms with van der Waals surface area (Å²) in [5, 5.41) is 2.24. The van der Waals surface area contributed by atoms with Crippen LogP contribution in [0.15, 0.2) is 41.3 Å². The predicted molar refractivity (Wildman–Crippen MR) is 134 cm³/mol. The molecule has 0 radical (unpaired) electrons. The molecule has 2 aromatic carbocycles. The van der Waals surface area contributed by atoms with Crippen molar-refractivity contribution in [2.75, 3.05) is 25.1 Å². The summed E-state index contributed by atoms with van der Waals surface area (Å²) < 4.78 is 12.2. The lowest BCUT2D eigenvalue weighted by molar-refractivity contribution is -0.127. The van der Waals surface area contributed by atoms with E-state index in [0.717, 1.165) is 25.8 Å². The smallest absolute Gasteiger partial charge is 0.294 e. The molecular weight excluding hydrogens is 543 g/mol. The fourth-order valence-electron chi connectivity index (χ4n) is 3.07. The van der Waals surface area contributed by atoms with Gasteiger partial charge in [0.25, 0.3) is 11.1 Å². The number of ether oxygens (including phenoxy) is 2. The van der Waals surface area contributed by atoms with E-state index in [-0.39, 0.29) is 11.4 Å². The summed E-state index contributed by atoms with van der Waals surface area (Å²) in [6.07, 6.45) is 1.63. The molecule has 32 heavy (non-hydrogen) atoms. The summed E-state index contributed by atoms with van der Waals surface area (Å²) in [6, 6.07) is 10.9. The molecule has 168 valence electrons. The molecule has 7 nitrogen and oxygen atoms in total. The van der Waals surface area contributed by atoms with Gasteiger partial charge in [-0.1, -0.05) is 12.1 Å². The molecule has 0 saturated carbocycles. The molecule has 3 amide bonds. The Balaban J connectivity index is 1.77. The summed E-state index contributed by atoms with van der Waals surface area (Å²) in [4.78, 5) is 38.8. The highest BCUT2D eigenvalue weighted by atomic mass is 127. The van der Waals surface area contributed by atoms with Crippen molar-refractivity contribution in [2.45, 2.75) is 20.8 Å². The van der Waals surface area contributed by atoms with Gasteiger partial charge in [0, 0.05) is 5.69 Å². The number of benzene rings is 2. The highest BCUT2D eigenvalue weighted by Gasteiger charge is 2.36. The van der Waals surface area contributed by atoms with Crippen molar-refractivity contribution in [3.05, 3.63) is 56.0 Å². The number of rotatable bonds is 8. The summed E-state index contributed by atoms with van der Waals surface area (Å²) in [5.74, 6) is 0.284. The Morgan fingerprint density at radius 1 is 1.16 bits per heavy atom. The maximum atomic E-state index is 12.8. The highest BCUT2D eigenvalue weighted by Crippen LogP contribution is 2.37. The second kappa shape index (κ2) is 10.9. The van der Waals surface area contributed by atoms with Crippen molar-refractivity contribution in [3.63, 3.8) is 0 Å². The molecule has 0 atom stereocenters. The van der Waals surface area contributed by atoms with Crippen LogP contribution in [0.5, 0.6) is 11.5 Å². The molecule has 1 N–H and O–H groups in total. The number of carbonyl (C=O) groups is 3. The molecule has 1 saturated heterocycles. The van der Waals surface area contributed by atoms with Crippen LogP contribution in [0, 0.1) is 10.5 Å². The Kier molecular flexibility index (Phi) is 8.19. The fraction of sp³-hybridized carbons (Fsp3) is 0.261. The standard InChI is InChI=1S/C23H23IN2O5S/c1-4-30-18-11-15(10-17(24)21(18)31-5-2)12-19-22(28)26(23(29)32-19)13-20(27)25-16-8-6-7-14(3)9-16/h6-12H,4-5,13H2,1-3H3,(H,25,27)/b19-12+. The lowest BCUT2D eigenvalue weighted by atomic mass is 10.2. The molecule has 1 aliphatic rings. The molecule has 0 aliphatic carbocycles. The number of imide groups is 1. The first-order valence-electron chi connectivity index (χ1n) is 10.0. The molecule has 0 unspecified atom stereocenters. The van der Waals surface area contributed by atoms with Crippen LogP contribution in [-0.4, -0.2) is 41.7 Å². The van der Waals surface area contributed by atoms with E-state index in [1.807, 2.05) is 45.0 Å². The van der Waals surface area contributed by atoms with Gasteiger partial charge in [0.1, 0.15) is 6.54 Å². The second-order valence-electron chi connectivity index (χ2n) is 6.88. The number of hydrogen-bond acceptors (Lipinski definition) is 6. The van der Waals surface area contributed by atoms with Gasteiger partial charge in [0.05, 0.1) is 21.7 Å². The van der Waals surface area contributed by atoms with E-state index in [1.54, 1.807) is 18.2 Å². The Morgan fingerprint density at radius 2 is 1.91 bits per heavy atom. The first-order valence-corrected chi connectivity index (χ1v) is 11.9. The zero-order valence-electron chi connectivity index (χ0n) is 17.9. The van der Waals surface area contributed by atoms with Crippen LogP contribution in [0.4, 0.5) is 10.5 Å². The maximum absolute atomic E-state index is 12.8. The number of halogens is 1. The summed E-state index contributed by atoms with van der Waals surface area (Å²) in [5.41, 5.74) is 2.31. The van der Waals surface area contributed by atoms with Gasteiger partial charge in [-0.05, 0) is 96.6 Å². The van der Waals surface area contributed by atoms with Crippen molar-refractivity contribution in [2.24, 2.45) is 0 Å². The molecule has 1 fully saturated rings. The van der Waals surface area contributed by atoms with Crippen LogP contribution in [-0.2, 0) is 9.59 Å². The first-order chi connectivity index (χ1) is 15.3. The largest absolute Gasteiger partial charge is 0.490 e. The van der Waals surface area contributed by atoms with Crippen LogP contribution in [0.1, 0.15) is 25.0 Å². The van der Waals surface area contributed by atoms with Gasteiger partial charge in [-0.2, -0.15) is 0 Å². The maximum Gasteiger partial charge on any atom is 0.294 e. The first kappa shape index (κ1) is 24.1. The molecule has 2 aromatic rings. The minimum Gasteiger partial charge on any atom is -0.490 e. The summed E-state index contributed by atoms with van der Waals surface area (Å²) in [6.45, 7) is 6.30. The minimum atomic E-state index is -0.499. The van der Waals surface area contributed by atoms with E-state index < -0.39 is 17.1 Å². The molecule has 1 aliphatic heterocycles. The third kappa shape index (κ3) is 5.83. The Bertz CT molecular complexity index is 1090. The number of nitrogens with zero attached hydrogens (tertiary/aromatic N) is 1. The van der Waals surface area contributed by atoms with Gasteiger partial charge in [-0.15, -0.1) is 0 Å². The quantitative estimate of drug-likeness (QED) is 0.355. The number of amides is 3. The predicted octanol–water partition coefficient (Wildman–Crippen LogP) is 5.07. The molecular formula is C23H23IN2O5S. The number of aryl methyl sites for hydroxylation is 1. The fourth-order valence-corrected chi connectivity index (χ4v) is 4.69. The van der Waals surface area contributed by atoms with Crippen molar-refractivity contribution in [1.29, 1.82) is 0 Å². The van der Waals surface area contributed by atoms with Crippen molar-refractivity contribution < 1.29 is 23.9 Å². The van der Waals surface area contributed by atoms with Crippen LogP contribution in [0.25, 0.3) is 6.08 Å². The number of nitrogens with one attached hydrogen (secondary N) is 1. The van der Waals surface area contributed by atoms with E-state index in [4.69, 9.17) is 9.47 Å². The lowest BCUT2D eigenvalue weighted by Crippen LogP contribution is -2.36. The van der Waals surface area contributed by atoms with Gasteiger partial charge in [-0.25, -0.2) is 0 Å². The van der Waals surface area contributed by atoms with Crippen LogP contribution >= 0.6 is 34.4 Å². The molecule has 3 rings (SSSR count). The van der Waals surface area contributed by atoms with E-state index in [1.165, 1.54) is 0 Å². The zero-order valence-corrected chi connectivity index (χ0v) is 20.9. The SMILES string of the molecule is CCOc1cc(/C=C2/SC(=O)N(CC(=O)Nc3cccc(C)c3)C2=O)cc(I)c1OCC. The topological polar surface area (TPSA) is 84.9 Å². The summed E-state index contributed by atoms with van der Waals surface area (Å²) >= 11 is 2.96. The van der Waals surface area contributed by atoms with E-state index in [2.05, 4.69) is 27.9 Å². The third-order valence-electron chi connectivity index (χ3n) is 4.40. The van der Waals surface area contributed by atoms with E-state index >= 15 is 0 Å². The van der Waals surface area contributed by atoms with Crippen LogP contribution < -0.4 is 14.8 Å². The van der Waals surface area contributed by atoms with Gasteiger partial charge < -0.3 is 14.8 Å². The number of thioether (sulfide) groups is 1. The van der Waals surface area contributed by atoms with Crippen molar-refractivity contribution in [3.8, 4) is 11.5 Å². The van der Waals surface area contributed by atoms with Gasteiger partial charge in [0.2, 0.25) is 5.91 Å². The number of hydrogen-bond donors (Lipinski definition) is 1. The molecule has 0 bridgehead atoms. The number of carbonyl (C=O) groups excluding carboxylic acids is 3. The zero-order chi connectivity index (χ0) is 23.3. The Hall–Kier alpha value is -2.53. The average Bonchev–Trinajstić information content (AvgIpc) is 2.98.